The average Bonchev–Trinajstić information content (AvgIpc) is 3.19. The first-order valence-corrected chi connectivity index (χ1v) is 10.1. The minimum Gasteiger partial charge on any atom is -0.482 e. The van der Waals surface area contributed by atoms with Gasteiger partial charge in [-0.3, -0.25) is 14.5 Å². The average molecular weight is 385 g/mol. The van der Waals surface area contributed by atoms with Gasteiger partial charge in [0.05, 0.1) is 5.69 Å². The minimum atomic E-state index is -0.200. The van der Waals surface area contributed by atoms with Crippen LogP contribution in [0.1, 0.15) is 28.1 Å². The van der Waals surface area contributed by atoms with E-state index in [-0.39, 0.29) is 18.4 Å². The van der Waals surface area contributed by atoms with Crippen LogP contribution in [0.2, 0.25) is 0 Å². The van der Waals surface area contributed by atoms with Crippen LogP contribution in [0.15, 0.2) is 35.7 Å². The molecule has 0 atom stereocenters. The van der Waals surface area contributed by atoms with E-state index < -0.39 is 0 Å². The molecule has 2 aromatic rings. The van der Waals surface area contributed by atoms with Crippen molar-refractivity contribution in [2.24, 2.45) is 5.92 Å². The molecule has 142 valence electrons. The van der Waals surface area contributed by atoms with E-state index in [2.05, 4.69) is 33.0 Å². The van der Waals surface area contributed by atoms with E-state index in [1.54, 1.807) is 29.5 Å². The van der Waals surface area contributed by atoms with Crippen molar-refractivity contribution in [2.45, 2.75) is 19.4 Å². The van der Waals surface area contributed by atoms with Gasteiger partial charge in [0.25, 0.3) is 11.8 Å². The topological polar surface area (TPSA) is 70.7 Å². The Hall–Kier alpha value is -2.38. The van der Waals surface area contributed by atoms with Crippen LogP contribution in [0.4, 0.5) is 5.69 Å². The van der Waals surface area contributed by atoms with Gasteiger partial charge in [0.2, 0.25) is 0 Å². The number of likely N-dealkylation sites (tertiary alicyclic amines) is 1. The first-order chi connectivity index (χ1) is 13.2. The standard InChI is InChI=1S/C20H23N3O3S/c24-19-13-26-18-4-3-15(10-17(18)22-19)20(25)21-11-14-5-7-23(8-6-14)12-16-2-1-9-27-16/h1-4,9-10,14H,5-8,11-13H2,(H,21,25)(H,22,24). The molecule has 27 heavy (non-hydrogen) atoms. The summed E-state index contributed by atoms with van der Waals surface area (Å²) in [7, 11) is 0. The smallest absolute Gasteiger partial charge is 0.262 e. The monoisotopic (exact) mass is 385 g/mol. The summed E-state index contributed by atoms with van der Waals surface area (Å²) < 4.78 is 5.33. The predicted molar refractivity (Wildman–Crippen MR) is 105 cm³/mol. The molecule has 0 unspecified atom stereocenters. The van der Waals surface area contributed by atoms with Gasteiger partial charge in [-0.15, -0.1) is 11.3 Å². The summed E-state index contributed by atoms with van der Waals surface area (Å²) in [6.45, 7) is 3.87. The van der Waals surface area contributed by atoms with E-state index in [4.69, 9.17) is 4.74 Å². The number of carbonyl (C=O) groups excluding carboxylic acids is 2. The molecule has 2 amide bonds. The Morgan fingerprint density at radius 1 is 1.30 bits per heavy atom. The van der Waals surface area contributed by atoms with Gasteiger partial charge in [0.1, 0.15) is 5.75 Å². The van der Waals surface area contributed by atoms with Gasteiger partial charge >= 0.3 is 0 Å². The minimum absolute atomic E-state index is 0.0176. The number of thiophene rings is 1. The van der Waals surface area contributed by atoms with Crippen molar-refractivity contribution in [3.05, 3.63) is 46.2 Å². The summed E-state index contributed by atoms with van der Waals surface area (Å²) in [5.74, 6) is 0.798. The van der Waals surface area contributed by atoms with Gasteiger partial charge in [-0.05, 0) is 61.5 Å². The van der Waals surface area contributed by atoms with Crippen molar-refractivity contribution >= 4 is 28.8 Å². The SMILES string of the molecule is O=C1COc2ccc(C(=O)NCC3CCN(Cc4cccs4)CC3)cc2N1. The van der Waals surface area contributed by atoms with Gasteiger partial charge in [-0.2, -0.15) is 0 Å². The molecule has 4 rings (SSSR count). The third-order valence-electron chi connectivity index (χ3n) is 5.09. The summed E-state index contributed by atoms with van der Waals surface area (Å²) in [5.41, 5.74) is 1.09. The quantitative estimate of drug-likeness (QED) is 0.830. The Balaban J connectivity index is 1.25. The third-order valence-corrected chi connectivity index (χ3v) is 5.95. The van der Waals surface area contributed by atoms with Crippen molar-refractivity contribution in [2.75, 3.05) is 31.6 Å². The van der Waals surface area contributed by atoms with Crippen molar-refractivity contribution in [3.63, 3.8) is 0 Å². The van der Waals surface area contributed by atoms with Gasteiger partial charge in [0.15, 0.2) is 6.61 Å². The lowest BCUT2D eigenvalue weighted by molar-refractivity contribution is -0.118. The molecule has 2 aliphatic rings. The highest BCUT2D eigenvalue weighted by atomic mass is 32.1. The first kappa shape index (κ1) is 18.0. The molecule has 0 spiro atoms. The van der Waals surface area contributed by atoms with Gasteiger partial charge in [-0.25, -0.2) is 0 Å². The summed E-state index contributed by atoms with van der Waals surface area (Å²) in [5, 5.41) is 7.89. The fourth-order valence-corrected chi connectivity index (χ4v) is 4.28. The van der Waals surface area contributed by atoms with E-state index >= 15 is 0 Å². The number of hydrogen-bond acceptors (Lipinski definition) is 5. The maximum absolute atomic E-state index is 12.5. The zero-order chi connectivity index (χ0) is 18.6. The lowest BCUT2D eigenvalue weighted by atomic mass is 9.96. The molecule has 6 nitrogen and oxygen atoms in total. The Kier molecular flexibility index (Phi) is 5.40. The summed E-state index contributed by atoms with van der Waals surface area (Å²) >= 11 is 1.81. The Labute approximate surface area is 162 Å². The highest BCUT2D eigenvalue weighted by Gasteiger charge is 2.21. The molecule has 2 aliphatic heterocycles. The number of benzene rings is 1. The Bertz CT molecular complexity index is 814. The van der Waals surface area contributed by atoms with Crippen LogP contribution in [0.5, 0.6) is 5.75 Å². The molecule has 0 saturated carbocycles. The number of hydrogen-bond donors (Lipinski definition) is 2. The van der Waals surface area contributed by atoms with Gasteiger partial charge in [0, 0.05) is 23.5 Å². The Morgan fingerprint density at radius 2 is 2.15 bits per heavy atom. The lowest BCUT2D eigenvalue weighted by Gasteiger charge is -2.31. The highest BCUT2D eigenvalue weighted by Crippen LogP contribution is 2.28. The molecule has 1 aromatic heterocycles. The van der Waals surface area contributed by atoms with Crippen LogP contribution in [-0.2, 0) is 11.3 Å². The highest BCUT2D eigenvalue weighted by molar-refractivity contribution is 7.09. The Morgan fingerprint density at radius 3 is 2.93 bits per heavy atom. The zero-order valence-corrected chi connectivity index (χ0v) is 15.9. The van der Waals surface area contributed by atoms with Crippen molar-refractivity contribution < 1.29 is 14.3 Å². The molecule has 1 aromatic carbocycles. The van der Waals surface area contributed by atoms with Crippen LogP contribution in [-0.4, -0.2) is 43.0 Å². The molecular weight excluding hydrogens is 362 g/mol. The van der Waals surface area contributed by atoms with E-state index in [1.165, 1.54) is 4.88 Å². The largest absolute Gasteiger partial charge is 0.482 e. The van der Waals surface area contributed by atoms with E-state index in [0.29, 0.717) is 29.5 Å². The second-order valence-corrected chi connectivity index (χ2v) is 8.09. The van der Waals surface area contributed by atoms with Crippen LogP contribution >= 0.6 is 11.3 Å². The van der Waals surface area contributed by atoms with Crippen LogP contribution in [0.3, 0.4) is 0 Å². The van der Waals surface area contributed by atoms with Crippen molar-refractivity contribution in [1.82, 2.24) is 10.2 Å². The van der Waals surface area contributed by atoms with Crippen molar-refractivity contribution in [3.8, 4) is 5.75 Å². The van der Waals surface area contributed by atoms with Gasteiger partial charge in [-0.1, -0.05) is 6.07 Å². The van der Waals surface area contributed by atoms with E-state index in [0.717, 1.165) is 32.5 Å². The number of amides is 2. The van der Waals surface area contributed by atoms with Gasteiger partial charge < -0.3 is 15.4 Å². The molecule has 7 heteroatoms. The lowest BCUT2D eigenvalue weighted by Crippen LogP contribution is -2.38. The molecular formula is C20H23N3O3S. The van der Waals surface area contributed by atoms with Crippen LogP contribution in [0.25, 0.3) is 0 Å². The number of carbonyl (C=O) groups is 2. The molecule has 2 N–H and O–H groups in total. The molecule has 1 saturated heterocycles. The number of rotatable bonds is 5. The second kappa shape index (κ2) is 8.10. The maximum atomic E-state index is 12.5. The molecule has 3 heterocycles. The number of anilines is 1. The summed E-state index contributed by atoms with van der Waals surface area (Å²) in [4.78, 5) is 27.8. The summed E-state index contributed by atoms with van der Waals surface area (Å²) in [6, 6.07) is 9.41. The zero-order valence-electron chi connectivity index (χ0n) is 15.1. The fraction of sp³-hybridized carbons (Fsp3) is 0.400. The number of piperidine rings is 1. The predicted octanol–water partition coefficient (Wildman–Crippen LogP) is 2.72. The summed E-state index contributed by atoms with van der Waals surface area (Å²) in [6.07, 6.45) is 2.19. The molecule has 0 aliphatic carbocycles. The van der Waals surface area contributed by atoms with Crippen LogP contribution in [0, 0.1) is 5.92 Å². The fourth-order valence-electron chi connectivity index (χ4n) is 3.54. The first-order valence-electron chi connectivity index (χ1n) is 9.27. The second-order valence-electron chi connectivity index (χ2n) is 7.06. The van der Waals surface area contributed by atoms with Crippen molar-refractivity contribution in [1.29, 1.82) is 0 Å². The van der Waals surface area contributed by atoms with E-state index in [9.17, 15) is 9.59 Å². The number of nitrogens with zero attached hydrogens (tertiary/aromatic N) is 1. The third kappa shape index (κ3) is 4.48. The molecule has 0 bridgehead atoms. The molecule has 0 radical (unpaired) electrons. The number of fused-ring (bicyclic) bond motifs is 1. The maximum Gasteiger partial charge on any atom is 0.262 e. The normalized spacial score (nSPS) is 17.7. The molecule has 1 fully saturated rings. The number of ether oxygens (including phenoxy) is 1. The van der Waals surface area contributed by atoms with Crippen LogP contribution < -0.4 is 15.4 Å². The van der Waals surface area contributed by atoms with E-state index in [1.807, 2.05) is 0 Å². The number of nitrogens with one attached hydrogen (secondary N) is 2.